The molecule has 1 aromatic carbocycles. The molecule has 100 valence electrons. The van der Waals surface area contributed by atoms with Gasteiger partial charge in [-0.1, -0.05) is 17.3 Å². The quantitative estimate of drug-likeness (QED) is 0.913. The molecule has 0 fully saturated rings. The van der Waals surface area contributed by atoms with E-state index in [-0.39, 0.29) is 6.61 Å². The van der Waals surface area contributed by atoms with Gasteiger partial charge >= 0.3 is 0 Å². The van der Waals surface area contributed by atoms with E-state index >= 15 is 0 Å². The summed E-state index contributed by atoms with van der Waals surface area (Å²) in [6, 6.07) is 6.69. The minimum Gasteiger partial charge on any atom is -0.396 e. The van der Waals surface area contributed by atoms with Gasteiger partial charge in [-0.25, -0.2) is 4.68 Å². The van der Waals surface area contributed by atoms with Crippen molar-refractivity contribution in [1.82, 2.24) is 15.0 Å². The van der Waals surface area contributed by atoms with Gasteiger partial charge in [0.1, 0.15) is 0 Å². The normalized spacial score (nSPS) is 14.4. The number of aliphatic hydroxyl groups excluding tert-OH is 1. The Morgan fingerprint density at radius 3 is 2.84 bits per heavy atom. The molecule has 0 spiro atoms. The topological polar surface area (TPSA) is 50.9 Å². The van der Waals surface area contributed by atoms with E-state index in [1.165, 1.54) is 42.4 Å². The van der Waals surface area contributed by atoms with Gasteiger partial charge < -0.3 is 5.11 Å². The Morgan fingerprint density at radius 2 is 2.00 bits per heavy atom. The molecule has 0 unspecified atom stereocenters. The number of aryl methyl sites for hydroxylation is 3. The molecule has 3 rings (SSSR count). The fourth-order valence-electron chi connectivity index (χ4n) is 2.76. The second-order valence-electron chi connectivity index (χ2n) is 5.11. The van der Waals surface area contributed by atoms with Crippen LogP contribution in [0.1, 0.15) is 30.4 Å². The summed E-state index contributed by atoms with van der Waals surface area (Å²) in [6.07, 6.45) is 7.50. The lowest BCUT2D eigenvalue weighted by Gasteiger charge is -2.16. The smallest absolute Gasteiger partial charge is 0.0885 e. The summed E-state index contributed by atoms with van der Waals surface area (Å²) < 4.78 is 1.88. The second kappa shape index (κ2) is 5.53. The summed E-state index contributed by atoms with van der Waals surface area (Å²) in [7, 11) is 0. The van der Waals surface area contributed by atoms with Crippen LogP contribution in [0.2, 0.25) is 0 Å². The number of aliphatic hydroxyl groups is 1. The second-order valence-corrected chi connectivity index (χ2v) is 5.11. The van der Waals surface area contributed by atoms with Gasteiger partial charge in [0.05, 0.1) is 11.9 Å². The average molecular weight is 257 g/mol. The van der Waals surface area contributed by atoms with Crippen LogP contribution in [0.5, 0.6) is 0 Å². The van der Waals surface area contributed by atoms with E-state index in [4.69, 9.17) is 5.11 Å². The standard InChI is InChI=1S/C15H19N3O/c19-9-3-8-18-15(11-16-17-18)14-7-6-12-4-1-2-5-13(12)10-14/h6-7,10-11,19H,1-5,8-9H2. The predicted molar refractivity (Wildman–Crippen MR) is 73.8 cm³/mol. The first-order chi connectivity index (χ1) is 9.38. The summed E-state index contributed by atoms with van der Waals surface area (Å²) in [5.74, 6) is 0. The monoisotopic (exact) mass is 257 g/mol. The molecule has 0 aliphatic heterocycles. The van der Waals surface area contributed by atoms with Crippen molar-refractivity contribution >= 4 is 0 Å². The maximum atomic E-state index is 8.92. The highest BCUT2D eigenvalue weighted by Crippen LogP contribution is 2.27. The number of hydrogen-bond acceptors (Lipinski definition) is 3. The number of hydrogen-bond donors (Lipinski definition) is 1. The zero-order valence-electron chi connectivity index (χ0n) is 11.0. The Labute approximate surface area is 113 Å². The van der Waals surface area contributed by atoms with E-state index in [0.29, 0.717) is 13.0 Å². The first kappa shape index (κ1) is 12.4. The zero-order chi connectivity index (χ0) is 13.1. The van der Waals surface area contributed by atoms with Crippen molar-refractivity contribution in [1.29, 1.82) is 0 Å². The highest BCUT2D eigenvalue weighted by molar-refractivity contribution is 5.60. The van der Waals surface area contributed by atoms with E-state index in [0.717, 1.165) is 5.69 Å². The molecule has 4 nitrogen and oxygen atoms in total. The summed E-state index contributed by atoms with van der Waals surface area (Å²) in [6.45, 7) is 0.895. The van der Waals surface area contributed by atoms with Crippen molar-refractivity contribution in [3.05, 3.63) is 35.5 Å². The van der Waals surface area contributed by atoms with Gasteiger partial charge in [-0.2, -0.15) is 0 Å². The van der Waals surface area contributed by atoms with Crippen molar-refractivity contribution in [2.75, 3.05) is 6.61 Å². The minimum atomic E-state index is 0.184. The van der Waals surface area contributed by atoms with Crippen LogP contribution >= 0.6 is 0 Å². The van der Waals surface area contributed by atoms with Gasteiger partial charge in [0.15, 0.2) is 0 Å². The molecule has 0 atom stereocenters. The van der Waals surface area contributed by atoms with E-state index in [2.05, 4.69) is 28.5 Å². The molecular formula is C15H19N3O. The molecule has 0 amide bonds. The highest BCUT2D eigenvalue weighted by Gasteiger charge is 2.12. The molecule has 1 aliphatic carbocycles. The molecule has 0 saturated carbocycles. The van der Waals surface area contributed by atoms with Crippen LogP contribution < -0.4 is 0 Å². The van der Waals surface area contributed by atoms with Gasteiger partial charge in [-0.15, -0.1) is 5.10 Å². The molecule has 0 bridgehead atoms. The molecular weight excluding hydrogens is 238 g/mol. The van der Waals surface area contributed by atoms with Gasteiger partial charge in [-0.05, 0) is 49.3 Å². The molecule has 4 heteroatoms. The van der Waals surface area contributed by atoms with Gasteiger partial charge in [0, 0.05) is 18.7 Å². The maximum Gasteiger partial charge on any atom is 0.0885 e. The summed E-state index contributed by atoms with van der Waals surface area (Å²) in [5, 5.41) is 17.0. The molecule has 1 heterocycles. The molecule has 19 heavy (non-hydrogen) atoms. The lowest BCUT2D eigenvalue weighted by molar-refractivity contribution is 0.276. The zero-order valence-corrected chi connectivity index (χ0v) is 11.0. The molecule has 1 aliphatic rings. The lowest BCUT2D eigenvalue weighted by Crippen LogP contribution is -2.06. The van der Waals surface area contributed by atoms with Gasteiger partial charge in [0.25, 0.3) is 0 Å². The van der Waals surface area contributed by atoms with Crippen LogP contribution in [-0.4, -0.2) is 26.7 Å². The SMILES string of the molecule is OCCCn1nncc1-c1ccc2c(c1)CCCC2. The highest BCUT2D eigenvalue weighted by atomic mass is 16.3. The van der Waals surface area contributed by atoms with E-state index < -0.39 is 0 Å². The summed E-state index contributed by atoms with van der Waals surface area (Å²) in [5.41, 5.74) is 5.19. The number of rotatable bonds is 4. The third-order valence-electron chi connectivity index (χ3n) is 3.79. The third-order valence-corrected chi connectivity index (χ3v) is 3.79. The third kappa shape index (κ3) is 2.54. The average Bonchev–Trinajstić information content (AvgIpc) is 2.93. The van der Waals surface area contributed by atoms with Crippen LogP contribution in [0.15, 0.2) is 24.4 Å². The van der Waals surface area contributed by atoms with Crippen LogP contribution in [0.4, 0.5) is 0 Å². The largest absolute Gasteiger partial charge is 0.396 e. The van der Waals surface area contributed by atoms with E-state index in [1.54, 1.807) is 0 Å². The molecule has 2 aromatic rings. The van der Waals surface area contributed by atoms with Crippen LogP contribution in [0, 0.1) is 0 Å². The van der Waals surface area contributed by atoms with E-state index in [1.807, 2.05) is 10.9 Å². The Morgan fingerprint density at radius 1 is 1.16 bits per heavy atom. The summed E-state index contributed by atoms with van der Waals surface area (Å²) >= 11 is 0. The Balaban J connectivity index is 1.91. The van der Waals surface area contributed by atoms with Crippen molar-refractivity contribution in [2.45, 2.75) is 38.6 Å². The summed E-state index contributed by atoms with van der Waals surface area (Å²) in [4.78, 5) is 0. The van der Waals surface area contributed by atoms with E-state index in [9.17, 15) is 0 Å². The van der Waals surface area contributed by atoms with Crippen LogP contribution in [-0.2, 0) is 19.4 Å². The fourth-order valence-corrected chi connectivity index (χ4v) is 2.76. The van der Waals surface area contributed by atoms with Gasteiger partial charge in [0.2, 0.25) is 0 Å². The number of nitrogens with zero attached hydrogens (tertiary/aromatic N) is 3. The number of fused-ring (bicyclic) bond motifs is 1. The maximum absolute atomic E-state index is 8.92. The minimum absolute atomic E-state index is 0.184. The lowest BCUT2D eigenvalue weighted by atomic mass is 9.90. The fraction of sp³-hybridized carbons (Fsp3) is 0.467. The first-order valence-corrected chi connectivity index (χ1v) is 7.00. The van der Waals surface area contributed by atoms with Gasteiger partial charge in [-0.3, -0.25) is 0 Å². The molecule has 1 N–H and O–H groups in total. The molecule has 0 saturated heterocycles. The Kier molecular flexibility index (Phi) is 3.60. The Hall–Kier alpha value is -1.68. The van der Waals surface area contributed by atoms with Crippen molar-refractivity contribution in [2.24, 2.45) is 0 Å². The van der Waals surface area contributed by atoms with Crippen LogP contribution in [0.3, 0.4) is 0 Å². The first-order valence-electron chi connectivity index (χ1n) is 7.00. The molecule has 0 radical (unpaired) electrons. The van der Waals surface area contributed by atoms with Crippen molar-refractivity contribution in [3.63, 3.8) is 0 Å². The number of benzene rings is 1. The predicted octanol–water partition coefficient (Wildman–Crippen LogP) is 2.21. The Bertz CT molecular complexity index is 562. The number of aromatic nitrogens is 3. The van der Waals surface area contributed by atoms with Crippen molar-refractivity contribution < 1.29 is 5.11 Å². The molecule has 1 aromatic heterocycles. The van der Waals surface area contributed by atoms with Crippen molar-refractivity contribution in [3.8, 4) is 11.3 Å². The van der Waals surface area contributed by atoms with Crippen LogP contribution in [0.25, 0.3) is 11.3 Å².